The topological polar surface area (TPSA) is 28.7 Å². The summed E-state index contributed by atoms with van der Waals surface area (Å²) in [6.07, 6.45) is -3.41. The van der Waals surface area contributed by atoms with E-state index < -0.39 is 11.7 Å². The number of aromatic amines is 1. The molecular weight excluding hydrogens is 229 g/mol. The fourth-order valence-electron chi connectivity index (χ4n) is 1.63. The SMILES string of the molecule is CCC(C)c1nc2ccc(C(F)(F)F)cc2[nH]1. The number of benzene rings is 1. The molecule has 0 saturated heterocycles. The number of imidazole rings is 1. The van der Waals surface area contributed by atoms with Gasteiger partial charge in [-0.2, -0.15) is 13.2 Å². The fraction of sp³-hybridized carbons (Fsp3) is 0.417. The van der Waals surface area contributed by atoms with E-state index in [1.807, 2.05) is 13.8 Å². The second kappa shape index (κ2) is 4.05. The molecule has 0 fully saturated rings. The third-order valence-corrected chi connectivity index (χ3v) is 2.91. The van der Waals surface area contributed by atoms with Crippen molar-refractivity contribution in [3.63, 3.8) is 0 Å². The van der Waals surface area contributed by atoms with Gasteiger partial charge >= 0.3 is 6.18 Å². The molecule has 2 rings (SSSR count). The lowest BCUT2D eigenvalue weighted by Gasteiger charge is -2.05. The molecule has 1 aromatic carbocycles. The number of nitrogens with one attached hydrogen (secondary N) is 1. The zero-order chi connectivity index (χ0) is 12.6. The third kappa shape index (κ3) is 2.28. The van der Waals surface area contributed by atoms with Crippen LogP contribution in [-0.4, -0.2) is 9.97 Å². The molecule has 2 aromatic rings. The van der Waals surface area contributed by atoms with E-state index in [1.165, 1.54) is 6.07 Å². The second-order valence-electron chi connectivity index (χ2n) is 4.16. The molecule has 2 nitrogen and oxygen atoms in total. The van der Waals surface area contributed by atoms with Gasteiger partial charge in [0.1, 0.15) is 5.82 Å². The summed E-state index contributed by atoms with van der Waals surface area (Å²) < 4.78 is 37.5. The van der Waals surface area contributed by atoms with Crippen molar-refractivity contribution in [3.05, 3.63) is 29.6 Å². The van der Waals surface area contributed by atoms with Crippen LogP contribution >= 0.6 is 0 Å². The maximum absolute atomic E-state index is 12.5. The Kier molecular flexibility index (Phi) is 2.85. The minimum absolute atomic E-state index is 0.219. The highest BCUT2D eigenvalue weighted by atomic mass is 19.4. The fourth-order valence-corrected chi connectivity index (χ4v) is 1.63. The van der Waals surface area contributed by atoms with Gasteiger partial charge < -0.3 is 4.98 Å². The molecule has 17 heavy (non-hydrogen) atoms. The van der Waals surface area contributed by atoms with Crippen LogP contribution < -0.4 is 0 Å². The number of H-pyrrole nitrogens is 1. The van der Waals surface area contributed by atoms with Crippen LogP contribution in [0.4, 0.5) is 13.2 Å². The third-order valence-electron chi connectivity index (χ3n) is 2.91. The average Bonchev–Trinajstić information content (AvgIpc) is 2.69. The normalized spacial score (nSPS) is 14.2. The van der Waals surface area contributed by atoms with Crippen molar-refractivity contribution in [3.8, 4) is 0 Å². The molecule has 1 atom stereocenters. The van der Waals surface area contributed by atoms with Crippen molar-refractivity contribution in [2.24, 2.45) is 0 Å². The predicted octanol–water partition coefficient (Wildman–Crippen LogP) is 4.10. The minimum Gasteiger partial charge on any atom is -0.342 e. The second-order valence-corrected chi connectivity index (χ2v) is 4.16. The lowest BCUT2D eigenvalue weighted by molar-refractivity contribution is -0.137. The summed E-state index contributed by atoms with van der Waals surface area (Å²) >= 11 is 0. The maximum atomic E-state index is 12.5. The van der Waals surface area contributed by atoms with E-state index in [9.17, 15) is 13.2 Å². The van der Waals surface area contributed by atoms with Crippen molar-refractivity contribution in [2.45, 2.75) is 32.4 Å². The Morgan fingerprint density at radius 3 is 2.65 bits per heavy atom. The summed E-state index contributed by atoms with van der Waals surface area (Å²) in [6.45, 7) is 4.00. The van der Waals surface area contributed by atoms with Gasteiger partial charge in [0.25, 0.3) is 0 Å². The summed E-state index contributed by atoms with van der Waals surface area (Å²) in [5, 5.41) is 0. The Bertz CT molecular complexity index is 528. The molecule has 5 heteroatoms. The number of fused-ring (bicyclic) bond motifs is 1. The molecule has 0 spiro atoms. The van der Waals surface area contributed by atoms with Crippen molar-refractivity contribution in [2.75, 3.05) is 0 Å². The number of nitrogens with zero attached hydrogens (tertiary/aromatic N) is 1. The largest absolute Gasteiger partial charge is 0.416 e. The van der Waals surface area contributed by atoms with E-state index in [0.29, 0.717) is 11.0 Å². The summed E-state index contributed by atoms with van der Waals surface area (Å²) in [6, 6.07) is 3.57. The van der Waals surface area contributed by atoms with Crippen molar-refractivity contribution in [1.82, 2.24) is 9.97 Å². The Morgan fingerprint density at radius 1 is 1.35 bits per heavy atom. The zero-order valence-electron chi connectivity index (χ0n) is 9.60. The summed E-state index contributed by atoms with van der Waals surface area (Å²) in [5.74, 6) is 0.957. The first-order valence-corrected chi connectivity index (χ1v) is 5.48. The first-order valence-electron chi connectivity index (χ1n) is 5.48. The Hall–Kier alpha value is -1.52. The number of hydrogen-bond acceptors (Lipinski definition) is 1. The Labute approximate surface area is 96.9 Å². The van der Waals surface area contributed by atoms with E-state index in [1.54, 1.807) is 0 Å². The van der Waals surface area contributed by atoms with Gasteiger partial charge in [0.15, 0.2) is 0 Å². The van der Waals surface area contributed by atoms with Gasteiger partial charge in [0.2, 0.25) is 0 Å². The maximum Gasteiger partial charge on any atom is 0.416 e. The summed E-state index contributed by atoms with van der Waals surface area (Å²) in [5.41, 5.74) is 0.368. The highest BCUT2D eigenvalue weighted by Gasteiger charge is 2.30. The average molecular weight is 242 g/mol. The molecule has 0 amide bonds. The van der Waals surface area contributed by atoms with Crippen LogP contribution in [0.25, 0.3) is 11.0 Å². The van der Waals surface area contributed by atoms with E-state index in [2.05, 4.69) is 9.97 Å². The first-order chi connectivity index (χ1) is 7.91. The highest BCUT2D eigenvalue weighted by molar-refractivity contribution is 5.76. The quantitative estimate of drug-likeness (QED) is 0.844. The Balaban J connectivity index is 2.48. The van der Waals surface area contributed by atoms with Gasteiger partial charge in [-0.05, 0) is 24.6 Å². The number of aromatic nitrogens is 2. The first kappa shape index (κ1) is 12.0. The van der Waals surface area contributed by atoms with Crippen LogP contribution in [0.15, 0.2) is 18.2 Å². The molecule has 0 aliphatic rings. The van der Waals surface area contributed by atoms with Crippen molar-refractivity contribution >= 4 is 11.0 Å². The number of rotatable bonds is 2. The van der Waals surface area contributed by atoms with Gasteiger partial charge in [-0.1, -0.05) is 13.8 Å². The minimum atomic E-state index is -4.31. The monoisotopic (exact) mass is 242 g/mol. The van der Waals surface area contributed by atoms with Crippen LogP contribution in [-0.2, 0) is 6.18 Å². The molecule has 0 aliphatic carbocycles. The lowest BCUT2D eigenvalue weighted by Crippen LogP contribution is -2.04. The van der Waals surface area contributed by atoms with Gasteiger partial charge in [-0.25, -0.2) is 4.98 Å². The molecular formula is C12H13F3N2. The van der Waals surface area contributed by atoms with Gasteiger partial charge in [0.05, 0.1) is 16.6 Å². The van der Waals surface area contributed by atoms with E-state index in [-0.39, 0.29) is 5.92 Å². The number of halogens is 3. The van der Waals surface area contributed by atoms with Crippen molar-refractivity contribution < 1.29 is 13.2 Å². The molecule has 0 radical (unpaired) electrons. The molecule has 92 valence electrons. The van der Waals surface area contributed by atoms with Gasteiger partial charge in [-0.15, -0.1) is 0 Å². The van der Waals surface area contributed by atoms with E-state index in [0.717, 1.165) is 24.4 Å². The lowest BCUT2D eigenvalue weighted by atomic mass is 10.1. The standard InChI is InChI=1S/C12H13F3N2/c1-3-7(2)11-16-9-5-4-8(12(13,14)15)6-10(9)17-11/h4-7H,3H2,1-2H3,(H,16,17). The molecule has 0 saturated carbocycles. The van der Waals surface area contributed by atoms with E-state index >= 15 is 0 Å². The molecule has 1 aromatic heterocycles. The smallest absolute Gasteiger partial charge is 0.342 e. The summed E-state index contributed by atoms with van der Waals surface area (Å²) in [4.78, 5) is 7.23. The number of alkyl halides is 3. The van der Waals surface area contributed by atoms with Crippen LogP contribution in [0.5, 0.6) is 0 Å². The summed E-state index contributed by atoms with van der Waals surface area (Å²) in [7, 11) is 0. The molecule has 1 unspecified atom stereocenters. The highest BCUT2D eigenvalue weighted by Crippen LogP contribution is 2.31. The molecule has 0 aliphatic heterocycles. The van der Waals surface area contributed by atoms with Crippen molar-refractivity contribution in [1.29, 1.82) is 0 Å². The molecule has 1 heterocycles. The van der Waals surface area contributed by atoms with Crippen LogP contribution in [0.1, 0.15) is 37.6 Å². The van der Waals surface area contributed by atoms with Gasteiger partial charge in [0, 0.05) is 5.92 Å². The van der Waals surface area contributed by atoms with E-state index in [4.69, 9.17) is 0 Å². The van der Waals surface area contributed by atoms with Crippen LogP contribution in [0, 0.1) is 0 Å². The Morgan fingerprint density at radius 2 is 2.06 bits per heavy atom. The molecule has 0 bridgehead atoms. The van der Waals surface area contributed by atoms with Crippen LogP contribution in [0.2, 0.25) is 0 Å². The predicted molar refractivity (Wildman–Crippen MR) is 59.8 cm³/mol. The van der Waals surface area contributed by atoms with Crippen LogP contribution in [0.3, 0.4) is 0 Å². The number of hydrogen-bond donors (Lipinski definition) is 1. The molecule has 1 N–H and O–H groups in total. The van der Waals surface area contributed by atoms with Gasteiger partial charge in [-0.3, -0.25) is 0 Å². The zero-order valence-corrected chi connectivity index (χ0v) is 9.60.